The van der Waals surface area contributed by atoms with Crippen molar-refractivity contribution in [3.63, 3.8) is 0 Å². The maximum Gasteiger partial charge on any atom is 0.327 e. The summed E-state index contributed by atoms with van der Waals surface area (Å²) in [7, 11) is -1.55. The lowest BCUT2D eigenvalue weighted by Gasteiger charge is -2.46. The Morgan fingerprint density at radius 2 is 2.00 bits per heavy atom. The van der Waals surface area contributed by atoms with Gasteiger partial charge in [-0.2, -0.15) is 0 Å². The molecule has 0 radical (unpaired) electrons. The standard InChI is InChI=1S/C11H20N2O3SSi/c1-11(2)7(10(15)16)13-8(14)6(9(13)17-11)12-18(3,4)5/h6-7,9,12H,1-5H3,(H,15,16)/t6-,7+,9-/m1/s1. The Hall–Kier alpha value is -0.533. The van der Waals surface area contributed by atoms with Crippen LogP contribution >= 0.6 is 11.8 Å². The number of fused-ring (bicyclic) bond motifs is 1. The van der Waals surface area contributed by atoms with Crippen molar-refractivity contribution in [1.29, 1.82) is 0 Å². The normalized spacial score (nSPS) is 34.2. The molecule has 102 valence electrons. The van der Waals surface area contributed by atoms with Crippen molar-refractivity contribution < 1.29 is 14.7 Å². The van der Waals surface area contributed by atoms with Gasteiger partial charge in [0, 0.05) is 4.75 Å². The van der Waals surface area contributed by atoms with Crippen LogP contribution in [0, 0.1) is 0 Å². The Bertz CT molecular complexity index is 408. The summed E-state index contributed by atoms with van der Waals surface area (Å²) >= 11 is 1.59. The van der Waals surface area contributed by atoms with Crippen LogP contribution in [0.2, 0.25) is 19.6 Å². The van der Waals surface area contributed by atoms with Crippen LogP contribution < -0.4 is 4.98 Å². The molecule has 2 aliphatic rings. The molecule has 0 unspecified atom stereocenters. The van der Waals surface area contributed by atoms with E-state index in [-0.39, 0.29) is 17.3 Å². The molecule has 18 heavy (non-hydrogen) atoms. The summed E-state index contributed by atoms with van der Waals surface area (Å²) in [6, 6.07) is -0.912. The van der Waals surface area contributed by atoms with Crippen LogP contribution in [0.4, 0.5) is 0 Å². The van der Waals surface area contributed by atoms with Crippen LogP contribution in [0.3, 0.4) is 0 Å². The van der Waals surface area contributed by atoms with Crippen molar-refractivity contribution in [2.24, 2.45) is 0 Å². The maximum absolute atomic E-state index is 12.1. The number of carbonyl (C=O) groups excluding carboxylic acids is 1. The highest BCUT2D eigenvalue weighted by molar-refractivity contribution is 8.01. The fourth-order valence-electron chi connectivity index (χ4n) is 2.61. The SMILES string of the molecule is CC1(C)S[C@@H]2[C@H](N[Si](C)(C)C)C(=O)N2[C@H]1C(=O)O. The van der Waals surface area contributed by atoms with Crippen molar-refractivity contribution in [2.45, 2.75) is 55.7 Å². The number of aliphatic carboxylic acids is 1. The Morgan fingerprint density at radius 3 is 2.44 bits per heavy atom. The molecule has 3 atom stereocenters. The zero-order chi connectivity index (χ0) is 13.9. The van der Waals surface area contributed by atoms with Gasteiger partial charge in [-0.15, -0.1) is 11.8 Å². The third kappa shape index (κ3) is 2.08. The molecule has 0 saturated carbocycles. The lowest BCUT2D eigenvalue weighted by molar-refractivity contribution is -0.159. The molecule has 2 fully saturated rings. The first-order chi connectivity index (χ1) is 8.04. The van der Waals surface area contributed by atoms with E-state index < -0.39 is 25.0 Å². The van der Waals surface area contributed by atoms with Gasteiger partial charge in [-0.1, -0.05) is 19.6 Å². The molecule has 2 aliphatic heterocycles. The van der Waals surface area contributed by atoms with Crippen LogP contribution in [-0.2, 0) is 9.59 Å². The predicted molar refractivity (Wildman–Crippen MR) is 74.0 cm³/mol. The molecule has 2 N–H and O–H groups in total. The topological polar surface area (TPSA) is 69.6 Å². The molecule has 0 aliphatic carbocycles. The summed E-state index contributed by atoms with van der Waals surface area (Å²) in [5.74, 6) is -0.970. The number of carboxylic acid groups (broad SMARTS) is 1. The average Bonchev–Trinajstić information content (AvgIpc) is 2.42. The van der Waals surface area contributed by atoms with Gasteiger partial charge in [0.25, 0.3) is 0 Å². The van der Waals surface area contributed by atoms with Gasteiger partial charge in [-0.25, -0.2) is 4.79 Å². The lowest BCUT2D eigenvalue weighted by atomic mass is 9.96. The minimum Gasteiger partial charge on any atom is -0.480 e. The Kier molecular flexibility index (Phi) is 3.07. The number of nitrogens with one attached hydrogen (secondary N) is 1. The number of hydrogen-bond acceptors (Lipinski definition) is 4. The first kappa shape index (κ1) is 13.9. The van der Waals surface area contributed by atoms with Crippen molar-refractivity contribution in [2.75, 3.05) is 0 Å². The zero-order valence-electron chi connectivity index (χ0n) is 11.4. The van der Waals surface area contributed by atoms with Gasteiger partial charge in [-0.3, -0.25) is 4.79 Å². The van der Waals surface area contributed by atoms with Gasteiger partial charge < -0.3 is 15.0 Å². The monoisotopic (exact) mass is 288 g/mol. The van der Waals surface area contributed by atoms with Crippen LogP contribution in [0.1, 0.15) is 13.8 Å². The molecule has 2 rings (SSSR count). The van der Waals surface area contributed by atoms with Gasteiger partial charge in [-0.05, 0) is 13.8 Å². The number of carboxylic acids is 1. The van der Waals surface area contributed by atoms with E-state index in [2.05, 4.69) is 24.6 Å². The molecule has 0 aromatic rings. The molecule has 0 bridgehead atoms. The second-order valence-corrected chi connectivity index (χ2v) is 13.0. The molecule has 1 amide bonds. The second kappa shape index (κ2) is 3.98. The fraction of sp³-hybridized carbons (Fsp3) is 0.818. The van der Waals surface area contributed by atoms with Crippen LogP contribution in [-0.4, -0.2) is 52.3 Å². The predicted octanol–water partition coefficient (Wildman–Crippen LogP) is 0.926. The minimum absolute atomic E-state index is 0.0275. The highest BCUT2D eigenvalue weighted by Crippen LogP contribution is 2.50. The molecule has 0 spiro atoms. The third-order valence-electron chi connectivity index (χ3n) is 3.26. The summed E-state index contributed by atoms with van der Waals surface area (Å²) in [5.41, 5.74) is 0. The number of hydrogen-bond donors (Lipinski definition) is 2. The molecule has 0 aromatic carbocycles. The number of carbonyl (C=O) groups is 2. The van der Waals surface area contributed by atoms with Crippen LogP contribution in [0.15, 0.2) is 0 Å². The van der Waals surface area contributed by atoms with Gasteiger partial charge in [0.15, 0.2) is 0 Å². The third-order valence-corrected chi connectivity index (χ3v) is 6.01. The largest absolute Gasteiger partial charge is 0.480 e. The number of β-lactam (4-membered cyclic amide) rings is 1. The average molecular weight is 288 g/mol. The molecular weight excluding hydrogens is 268 g/mol. The summed E-state index contributed by atoms with van der Waals surface area (Å²) in [6.07, 6.45) is 0. The number of nitrogens with zero attached hydrogens (tertiary/aromatic N) is 1. The summed E-state index contributed by atoms with van der Waals surface area (Å²) in [5, 5.41) is 9.26. The first-order valence-electron chi connectivity index (χ1n) is 6.05. The smallest absolute Gasteiger partial charge is 0.327 e. The second-order valence-electron chi connectivity index (χ2n) is 6.47. The molecule has 7 heteroatoms. The Labute approximate surface area is 112 Å². The van der Waals surface area contributed by atoms with E-state index in [0.29, 0.717) is 0 Å². The van der Waals surface area contributed by atoms with E-state index in [1.54, 1.807) is 11.8 Å². The van der Waals surface area contributed by atoms with Gasteiger partial charge >= 0.3 is 5.97 Å². The quantitative estimate of drug-likeness (QED) is 0.597. The fourth-order valence-corrected chi connectivity index (χ4v) is 5.57. The summed E-state index contributed by atoms with van der Waals surface area (Å²) < 4.78 is -0.429. The van der Waals surface area contributed by atoms with Crippen molar-refractivity contribution in [3.05, 3.63) is 0 Å². The Morgan fingerprint density at radius 1 is 1.44 bits per heavy atom. The zero-order valence-corrected chi connectivity index (χ0v) is 13.2. The van der Waals surface area contributed by atoms with Gasteiger partial charge in [0.05, 0.1) is 0 Å². The van der Waals surface area contributed by atoms with Crippen LogP contribution in [0.25, 0.3) is 0 Å². The summed E-state index contributed by atoms with van der Waals surface area (Å²) in [6.45, 7) is 10.2. The highest BCUT2D eigenvalue weighted by Gasteiger charge is 2.64. The summed E-state index contributed by atoms with van der Waals surface area (Å²) in [4.78, 5) is 28.4. The molecular formula is C11H20N2O3SSi. The van der Waals surface area contributed by atoms with E-state index in [1.165, 1.54) is 4.90 Å². The molecule has 2 saturated heterocycles. The van der Waals surface area contributed by atoms with Crippen molar-refractivity contribution >= 4 is 31.9 Å². The molecule has 0 aromatic heterocycles. The Balaban J connectivity index is 2.19. The van der Waals surface area contributed by atoms with Gasteiger partial charge in [0.1, 0.15) is 25.7 Å². The number of thioether (sulfide) groups is 1. The lowest BCUT2D eigenvalue weighted by Crippen LogP contribution is -2.72. The molecule has 2 heterocycles. The van der Waals surface area contributed by atoms with E-state index in [1.807, 2.05) is 13.8 Å². The van der Waals surface area contributed by atoms with Crippen molar-refractivity contribution in [3.8, 4) is 0 Å². The highest BCUT2D eigenvalue weighted by atomic mass is 32.2. The van der Waals surface area contributed by atoms with Crippen molar-refractivity contribution in [1.82, 2.24) is 9.88 Å². The van der Waals surface area contributed by atoms with E-state index in [0.717, 1.165) is 0 Å². The van der Waals surface area contributed by atoms with E-state index in [9.17, 15) is 14.7 Å². The molecule has 5 nitrogen and oxygen atoms in total. The number of amides is 1. The first-order valence-corrected chi connectivity index (χ1v) is 10.4. The minimum atomic E-state index is -1.55. The maximum atomic E-state index is 12.1. The number of rotatable bonds is 3. The van der Waals surface area contributed by atoms with Gasteiger partial charge in [0.2, 0.25) is 5.91 Å². The van der Waals surface area contributed by atoms with E-state index >= 15 is 0 Å². The van der Waals surface area contributed by atoms with E-state index in [4.69, 9.17) is 0 Å². The van der Waals surface area contributed by atoms with Crippen LogP contribution in [0.5, 0.6) is 0 Å².